The van der Waals surface area contributed by atoms with Gasteiger partial charge in [-0.05, 0) is 37.1 Å². The number of aryl methyl sites for hydroxylation is 2. The summed E-state index contributed by atoms with van der Waals surface area (Å²) in [6, 6.07) is 3.13. The third-order valence-corrected chi connectivity index (χ3v) is 3.35. The zero-order valence-corrected chi connectivity index (χ0v) is 11.3. The summed E-state index contributed by atoms with van der Waals surface area (Å²) >= 11 is 0. The Morgan fingerprint density at radius 3 is 2.37 bits per heavy atom. The molecule has 1 aliphatic heterocycles. The number of likely N-dealkylation sites (tertiary alicyclic amines) is 1. The fourth-order valence-corrected chi connectivity index (χ4v) is 2.30. The first-order valence-electron chi connectivity index (χ1n) is 6.16. The van der Waals surface area contributed by atoms with E-state index in [-0.39, 0.29) is 11.5 Å². The molecule has 0 aliphatic carbocycles. The Hall–Kier alpha value is -2.04. The van der Waals surface area contributed by atoms with Crippen LogP contribution in [0.15, 0.2) is 12.1 Å². The number of carbonyl (C=O) groups is 2. The number of nitrogens with zero attached hydrogens (tertiary/aromatic N) is 1. The quantitative estimate of drug-likeness (QED) is 0.899. The Morgan fingerprint density at radius 1 is 1.37 bits per heavy atom. The van der Waals surface area contributed by atoms with Gasteiger partial charge in [-0.1, -0.05) is 0 Å². The molecule has 102 valence electrons. The normalized spacial score (nSPS) is 18.8. The Balaban J connectivity index is 2.26. The maximum absolute atomic E-state index is 11.8. The fourth-order valence-electron chi connectivity index (χ4n) is 2.30. The second kappa shape index (κ2) is 4.91. The summed E-state index contributed by atoms with van der Waals surface area (Å²) in [5, 5.41) is 8.98. The summed E-state index contributed by atoms with van der Waals surface area (Å²) in [5.41, 5.74) is 1.71. The molecule has 5 nitrogen and oxygen atoms in total. The molecule has 2 rings (SSSR count). The van der Waals surface area contributed by atoms with Gasteiger partial charge in [-0.2, -0.15) is 0 Å². The Morgan fingerprint density at radius 2 is 1.95 bits per heavy atom. The van der Waals surface area contributed by atoms with Crippen molar-refractivity contribution in [2.75, 3.05) is 13.6 Å². The second-order valence-corrected chi connectivity index (χ2v) is 4.90. The van der Waals surface area contributed by atoms with E-state index in [1.54, 1.807) is 37.9 Å². The van der Waals surface area contributed by atoms with Crippen molar-refractivity contribution >= 4 is 11.9 Å². The van der Waals surface area contributed by atoms with Gasteiger partial charge in [0.15, 0.2) is 6.10 Å². The first-order chi connectivity index (χ1) is 8.90. The van der Waals surface area contributed by atoms with Crippen LogP contribution in [0.4, 0.5) is 0 Å². The smallest absolute Gasteiger partial charge is 0.335 e. The van der Waals surface area contributed by atoms with Crippen LogP contribution in [-0.2, 0) is 4.79 Å². The van der Waals surface area contributed by atoms with Gasteiger partial charge in [0.05, 0.1) is 5.56 Å². The van der Waals surface area contributed by atoms with Crippen molar-refractivity contribution < 1.29 is 19.4 Å². The molecule has 1 amide bonds. The highest BCUT2D eigenvalue weighted by Gasteiger charge is 2.31. The number of carboxylic acid groups (broad SMARTS) is 1. The van der Waals surface area contributed by atoms with Gasteiger partial charge in [0.2, 0.25) is 0 Å². The first kappa shape index (κ1) is 13.4. The van der Waals surface area contributed by atoms with Gasteiger partial charge >= 0.3 is 5.97 Å². The van der Waals surface area contributed by atoms with Crippen LogP contribution in [0.2, 0.25) is 0 Å². The molecule has 0 spiro atoms. The van der Waals surface area contributed by atoms with E-state index in [4.69, 9.17) is 9.84 Å². The summed E-state index contributed by atoms with van der Waals surface area (Å²) in [7, 11) is 1.75. The minimum atomic E-state index is -0.963. The van der Waals surface area contributed by atoms with E-state index in [1.807, 2.05) is 0 Å². The summed E-state index contributed by atoms with van der Waals surface area (Å²) in [5.74, 6) is -0.380. The molecular weight excluding hydrogens is 246 g/mol. The minimum Gasteiger partial charge on any atom is -0.480 e. The Bertz CT molecular complexity index is 515. The van der Waals surface area contributed by atoms with E-state index in [0.717, 1.165) is 11.1 Å². The topological polar surface area (TPSA) is 66.8 Å². The number of rotatable bonds is 3. The van der Waals surface area contributed by atoms with Gasteiger partial charge in [-0.25, -0.2) is 4.79 Å². The van der Waals surface area contributed by atoms with Gasteiger partial charge < -0.3 is 14.7 Å². The molecule has 1 aliphatic rings. The van der Waals surface area contributed by atoms with Crippen LogP contribution in [0.25, 0.3) is 0 Å². The monoisotopic (exact) mass is 263 g/mol. The number of carbonyl (C=O) groups excluding carboxylic acids is 1. The highest BCUT2D eigenvalue weighted by molar-refractivity contribution is 5.88. The number of hydrogen-bond acceptors (Lipinski definition) is 3. The molecule has 5 heteroatoms. The molecule has 0 saturated carbocycles. The molecule has 1 N–H and O–H groups in total. The van der Waals surface area contributed by atoms with Crippen molar-refractivity contribution in [2.24, 2.45) is 0 Å². The SMILES string of the molecule is Cc1cc(C(=O)O)cc(C)c1OC1CCN(C)C1=O. The summed E-state index contributed by atoms with van der Waals surface area (Å²) < 4.78 is 5.77. The lowest BCUT2D eigenvalue weighted by Crippen LogP contribution is -2.29. The number of carboxylic acids is 1. The molecule has 1 unspecified atom stereocenters. The lowest BCUT2D eigenvalue weighted by atomic mass is 10.1. The maximum Gasteiger partial charge on any atom is 0.335 e. The lowest BCUT2D eigenvalue weighted by molar-refractivity contribution is -0.132. The molecule has 1 heterocycles. The Kier molecular flexibility index (Phi) is 3.46. The average molecular weight is 263 g/mol. The summed E-state index contributed by atoms with van der Waals surface area (Å²) in [4.78, 5) is 24.4. The minimum absolute atomic E-state index is 0.0267. The van der Waals surface area contributed by atoms with E-state index in [0.29, 0.717) is 18.7 Å². The number of likely N-dealkylation sites (N-methyl/N-ethyl adjacent to an activating group) is 1. The van der Waals surface area contributed by atoms with Crippen LogP contribution in [0.3, 0.4) is 0 Å². The third-order valence-electron chi connectivity index (χ3n) is 3.35. The zero-order valence-electron chi connectivity index (χ0n) is 11.3. The molecule has 19 heavy (non-hydrogen) atoms. The van der Waals surface area contributed by atoms with Crippen LogP contribution >= 0.6 is 0 Å². The van der Waals surface area contributed by atoms with E-state index in [2.05, 4.69) is 0 Å². The van der Waals surface area contributed by atoms with Crippen LogP contribution in [0.1, 0.15) is 27.9 Å². The van der Waals surface area contributed by atoms with E-state index >= 15 is 0 Å². The first-order valence-corrected chi connectivity index (χ1v) is 6.16. The Labute approximate surface area is 111 Å². The van der Waals surface area contributed by atoms with E-state index in [1.165, 1.54) is 0 Å². The van der Waals surface area contributed by atoms with Crippen molar-refractivity contribution in [1.29, 1.82) is 0 Å². The van der Waals surface area contributed by atoms with Gasteiger partial charge in [-0.15, -0.1) is 0 Å². The predicted octanol–water partition coefficient (Wildman–Crippen LogP) is 1.61. The maximum atomic E-state index is 11.8. The molecule has 1 aromatic carbocycles. The molecule has 1 aromatic rings. The number of hydrogen-bond donors (Lipinski definition) is 1. The molecule has 1 atom stereocenters. The summed E-state index contributed by atoms with van der Waals surface area (Å²) in [6.45, 7) is 4.27. The highest BCUT2D eigenvalue weighted by Crippen LogP contribution is 2.28. The number of aromatic carboxylic acids is 1. The second-order valence-electron chi connectivity index (χ2n) is 4.90. The summed E-state index contributed by atoms with van der Waals surface area (Å²) in [6.07, 6.45) is 0.201. The van der Waals surface area contributed by atoms with Crippen molar-refractivity contribution in [3.8, 4) is 5.75 Å². The molecule has 1 fully saturated rings. The van der Waals surface area contributed by atoms with Crippen LogP contribution in [-0.4, -0.2) is 41.6 Å². The molecule has 0 aromatic heterocycles. The number of benzene rings is 1. The van der Waals surface area contributed by atoms with Crippen LogP contribution in [0.5, 0.6) is 5.75 Å². The molecular formula is C14H17NO4. The predicted molar refractivity (Wildman–Crippen MR) is 69.5 cm³/mol. The van der Waals surface area contributed by atoms with Crippen molar-refractivity contribution in [3.63, 3.8) is 0 Å². The number of amides is 1. The average Bonchev–Trinajstić information content (AvgIpc) is 2.65. The molecule has 1 saturated heterocycles. The fraction of sp³-hybridized carbons (Fsp3) is 0.429. The van der Waals surface area contributed by atoms with Crippen molar-refractivity contribution in [2.45, 2.75) is 26.4 Å². The van der Waals surface area contributed by atoms with Gasteiger partial charge in [-0.3, -0.25) is 4.79 Å². The van der Waals surface area contributed by atoms with E-state index < -0.39 is 12.1 Å². The zero-order chi connectivity index (χ0) is 14.2. The lowest BCUT2D eigenvalue weighted by Gasteiger charge is -2.17. The van der Waals surface area contributed by atoms with Crippen LogP contribution in [0, 0.1) is 13.8 Å². The largest absolute Gasteiger partial charge is 0.480 e. The van der Waals surface area contributed by atoms with E-state index in [9.17, 15) is 9.59 Å². The van der Waals surface area contributed by atoms with Gasteiger partial charge in [0, 0.05) is 20.0 Å². The van der Waals surface area contributed by atoms with Gasteiger partial charge in [0.25, 0.3) is 5.91 Å². The van der Waals surface area contributed by atoms with Crippen molar-refractivity contribution in [3.05, 3.63) is 28.8 Å². The van der Waals surface area contributed by atoms with Crippen molar-refractivity contribution in [1.82, 2.24) is 4.90 Å². The third kappa shape index (κ3) is 2.54. The van der Waals surface area contributed by atoms with Crippen LogP contribution < -0.4 is 4.74 Å². The highest BCUT2D eigenvalue weighted by atomic mass is 16.5. The van der Waals surface area contributed by atoms with Gasteiger partial charge in [0.1, 0.15) is 5.75 Å². The molecule has 0 radical (unpaired) electrons. The molecule has 0 bridgehead atoms. The standard InChI is InChI=1S/C14H17NO4/c1-8-6-10(14(17)18)7-9(2)12(8)19-11-4-5-15(3)13(11)16/h6-7,11H,4-5H2,1-3H3,(H,17,18). The number of ether oxygens (including phenoxy) is 1.